The highest BCUT2D eigenvalue weighted by Crippen LogP contribution is 2.17. The Bertz CT molecular complexity index is 809. The van der Waals surface area contributed by atoms with Gasteiger partial charge in [0, 0.05) is 6.04 Å². The van der Waals surface area contributed by atoms with E-state index in [0.29, 0.717) is 0 Å². The molecule has 0 unspecified atom stereocenters. The van der Waals surface area contributed by atoms with Crippen LogP contribution in [0.4, 0.5) is 13.6 Å². The number of amides is 3. The highest BCUT2D eigenvalue weighted by atomic mass is 32.2. The SMILES string of the molecule is CC(C)NC(=O)NC(=O)[C@@H](C)OC(=O)CNS(=O)(=O)c1c(F)cccc1F. The standard InChI is InChI=1S/C15H19F2N3O6S/c1-8(2)19-15(23)20-14(22)9(3)26-12(21)7-18-27(24,25)13-10(16)5-4-6-11(13)17/h4-6,8-9,18H,7H2,1-3H3,(H2,19,20,22,23)/t9-/m1/s1. The van der Waals surface area contributed by atoms with Crippen LogP contribution in [-0.4, -0.2) is 45.0 Å². The predicted molar refractivity (Wildman–Crippen MR) is 88.9 cm³/mol. The van der Waals surface area contributed by atoms with Crippen LogP contribution in [0.15, 0.2) is 23.1 Å². The lowest BCUT2D eigenvalue weighted by Crippen LogP contribution is -2.47. The third kappa shape index (κ3) is 6.90. The summed E-state index contributed by atoms with van der Waals surface area (Å²) in [5.74, 6) is -4.80. The van der Waals surface area contributed by atoms with Gasteiger partial charge >= 0.3 is 12.0 Å². The van der Waals surface area contributed by atoms with Gasteiger partial charge in [-0.3, -0.25) is 14.9 Å². The van der Waals surface area contributed by atoms with Gasteiger partial charge in [0.05, 0.1) is 0 Å². The summed E-state index contributed by atoms with van der Waals surface area (Å²) in [6.07, 6.45) is -1.41. The molecule has 0 aromatic heterocycles. The van der Waals surface area contributed by atoms with Gasteiger partial charge in [0.15, 0.2) is 11.0 Å². The predicted octanol–water partition coefficient (Wildman–Crippen LogP) is 0.409. The maximum Gasteiger partial charge on any atom is 0.321 e. The number of halogens is 2. The zero-order valence-corrected chi connectivity index (χ0v) is 15.5. The third-order valence-corrected chi connectivity index (χ3v) is 4.38. The molecule has 27 heavy (non-hydrogen) atoms. The minimum atomic E-state index is -4.67. The molecule has 0 radical (unpaired) electrons. The van der Waals surface area contributed by atoms with Gasteiger partial charge in [-0.05, 0) is 32.9 Å². The van der Waals surface area contributed by atoms with Crippen LogP contribution in [0.2, 0.25) is 0 Å². The van der Waals surface area contributed by atoms with Crippen LogP contribution in [0, 0.1) is 11.6 Å². The Hall–Kier alpha value is -2.60. The number of hydrogen-bond acceptors (Lipinski definition) is 6. The lowest BCUT2D eigenvalue weighted by Gasteiger charge is -2.14. The molecule has 1 aromatic rings. The van der Waals surface area contributed by atoms with Gasteiger partial charge in [-0.2, -0.15) is 4.72 Å². The van der Waals surface area contributed by atoms with Crippen LogP contribution in [0.5, 0.6) is 0 Å². The second kappa shape index (κ2) is 9.37. The van der Waals surface area contributed by atoms with E-state index >= 15 is 0 Å². The number of imide groups is 1. The van der Waals surface area contributed by atoms with Crippen molar-refractivity contribution in [2.24, 2.45) is 0 Å². The molecule has 3 N–H and O–H groups in total. The molecule has 0 aliphatic rings. The Morgan fingerprint density at radius 2 is 1.67 bits per heavy atom. The van der Waals surface area contributed by atoms with Crippen molar-refractivity contribution < 1.29 is 36.3 Å². The Balaban J connectivity index is 2.62. The monoisotopic (exact) mass is 407 g/mol. The first-order chi connectivity index (χ1) is 12.4. The summed E-state index contributed by atoms with van der Waals surface area (Å²) >= 11 is 0. The van der Waals surface area contributed by atoms with Crippen LogP contribution in [0.3, 0.4) is 0 Å². The summed E-state index contributed by atoms with van der Waals surface area (Å²) in [4.78, 5) is 33.5. The number of sulfonamides is 1. The maximum absolute atomic E-state index is 13.5. The largest absolute Gasteiger partial charge is 0.452 e. The van der Waals surface area contributed by atoms with Crippen molar-refractivity contribution in [1.82, 2.24) is 15.4 Å². The Morgan fingerprint density at radius 1 is 1.11 bits per heavy atom. The fraction of sp³-hybridized carbons (Fsp3) is 0.400. The zero-order valence-electron chi connectivity index (χ0n) is 14.7. The van der Waals surface area contributed by atoms with E-state index in [1.165, 1.54) is 0 Å². The number of benzene rings is 1. The van der Waals surface area contributed by atoms with Crippen molar-refractivity contribution in [3.05, 3.63) is 29.8 Å². The number of urea groups is 1. The summed E-state index contributed by atoms with van der Waals surface area (Å²) in [6, 6.07) is 1.43. The highest BCUT2D eigenvalue weighted by molar-refractivity contribution is 7.89. The van der Waals surface area contributed by atoms with Gasteiger partial charge in [-0.25, -0.2) is 22.0 Å². The normalized spacial score (nSPS) is 12.4. The minimum absolute atomic E-state index is 0.233. The molecule has 3 amide bonds. The Kier molecular flexibility index (Phi) is 7.79. The number of carbonyl (C=O) groups is 3. The molecular weight excluding hydrogens is 388 g/mol. The van der Waals surface area contributed by atoms with Crippen molar-refractivity contribution in [2.75, 3.05) is 6.54 Å². The molecule has 0 aliphatic heterocycles. The van der Waals surface area contributed by atoms with Gasteiger partial charge in [-0.15, -0.1) is 0 Å². The van der Waals surface area contributed by atoms with Gasteiger partial charge in [0.1, 0.15) is 18.2 Å². The fourth-order valence-electron chi connectivity index (χ4n) is 1.77. The number of hydrogen-bond donors (Lipinski definition) is 3. The van der Waals surface area contributed by atoms with Crippen LogP contribution in [0.25, 0.3) is 0 Å². The molecule has 1 rings (SSSR count). The van der Waals surface area contributed by atoms with E-state index in [1.807, 2.05) is 5.32 Å². The molecule has 0 aliphatic carbocycles. The van der Waals surface area contributed by atoms with Crippen molar-refractivity contribution in [3.63, 3.8) is 0 Å². The molecule has 12 heteroatoms. The van der Waals surface area contributed by atoms with Gasteiger partial charge < -0.3 is 10.1 Å². The molecule has 0 fully saturated rings. The van der Waals surface area contributed by atoms with Crippen LogP contribution in [-0.2, 0) is 24.3 Å². The van der Waals surface area contributed by atoms with E-state index in [1.54, 1.807) is 18.6 Å². The molecule has 1 aromatic carbocycles. The van der Waals surface area contributed by atoms with Crippen molar-refractivity contribution >= 4 is 27.9 Å². The average Bonchev–Trinajstić information content (AvgIpc) is 2.51. The number of ether oxygens (including phenoxy) is 1. The van der Waals surface area contributed by atoms with Crippen molar-refractivity contribution in [2.45, 2.75) is 37.8 Å². The van der Waals surface area contributed by atoms with Gasteiger partial charge in [0.25, 0.3) is 5.91 Å². The average molecular weight is 407 g/mol. The smallest absolute Gasteiger partial charge is 0.321 e. The van der Waals surface area contributed by atoms with Crippen molar-refractivity contribution in [3.8, 4) is 0 Å². The van der Waals surface area contributed by atoms with Crippen LogP contribution < -0.4 is 15.4 Å². The van der Waals surface area contributed by atoms with Crippen LogP contribution in [0.1, 0.15) is 20.8 Å². The third-order valence-electron chi connectivity index (χ3n) is 2.93. The Labute approximate surface area is 154 Å². The highest BCUT2D eigenvalue weighted by Gasteiger charge is 2.26. The van der Waals surface area contributed by atoms with E-state index in [9.17, 15) is 31.6 Å². The molecule has 0 heterocycles. The second-order valence-corrected chi connectivity index (χ2v) is 7.33. The second-order valence-electron chi connectivity index (χ2n) is 5.62. The summed E-state index contributed by atoms with van der Waals surface area (Å²) in [6.45, 7) is 3.50. The first-order valence-corrected chi connectivity index (χ1v) is 9.17. The maximum atomic E-state index is 13.5. The summed E-state index contributed by atoms with van der Waals surface area (Å²) in [5.41, 5.74) is 0. The summed E-state index contributed by atoms with van der Waals surface area (Å²) in [5, 5.41) is 4.31. The summed E-state index contributed by atoms with van der Waals surface area (Å²) in [7, 11) is -4.67. The first-order valence-electron chi connectivity index (χ1n) is 7.68. The molecular formula is C15H19F2N3O6S. The number of nitrogens with one attached hydrogen (secondary N) is 3. The zero-order chi connectivity index (χ0) is 20.8. The van der Waals surface area contributed by atoms with E-state index in [2.05, 4.69) is 10.1 Å². The van der Waals surface area contributed by atoms with Crippen molar-refractivity contribution in [1.29, 1.82) is 0 Å². The van der Waals surface area contributed by atoms with Gasteiger partial charge in [-0.1, -0.05) is 6.07 Å². The lowest BCUT2D eigenvalue weighted by atomic mass is 10.3. The molecule has 0 saturated heterocycles. The minimum Gasteiger partial charge on any atom is -0.452 e. The molecule has 0 saturated carbocycles. The van der Waals surface area contributed by atoms with E-state index in [-0.39, 0.29) is 6.04 Å². The van der Waals surface area contributed by atoms with Crippen LogP contribution >= 0.6 is 0 Å². The topological polar surface area (TPSA) is 131 Å². The number of esters is 1. The Morgan fingerprint density at radius 3 is 2.19 bits per heavy atom. The number of rotatable bonds is 7. The molecule has 150 valence electrons. The van der Waals surface area contributed by atoms with E-state index in [0.717, 1.165) is 25.1 Å². The lowest BCUT2D eigenvalue weighted by molar-refractivity contribution is -0.153. The first kappa shape index (κ1) is 22.4. The van der Waals surface area contributed by atoms with E-state index < -0.39 is 57.1 Å². The molecule has 0 spiro atoms. The van der Waals surface area contributed by atoms with E-state index in [4.69, 9.17) is 0 Å². The van der Waals surface area contributed by atoms with Gasteiger partial charge in [0.2, 0.25) is 10.0 Å². The molecule has 1 atom stereocenters. The fourth-order valence-corrected chi connectivity index (χ4v) is 2.87. The quantitative estimate of drug-likeness (QED) is 0.561. The summed E-state index contributed by atoms with van der Waals surface area (Å²) < 4.78 is 57.2. The number of carbonyl (C=O) groups excluding carboxylic acids is 3. The molecule has 9 nitrogen and oxygen atoms in total. The molecule has 0 bridgehead atoms.